The van der Waals surface area contributed by atoms with E-state index in [1.165, 1.54) is 31.4 Å². The van der Waals surface area contributed by atoms with Gasteiger partial charge >= 0.3 is 0 Å². The second-order valence-corrected chi connectivity index (χ2v) is 7.07. The first kappa shape index (κ1) is 13.6. The van der Waals surface area contributed by atoms with Gasteiger partial charge in [0.25, 0.3) is 0 Å². The van der Waals surface area contributed by atoms with E-state index in [0.29, 0.717) is 12.1 Å². The molecule has 2 fully saturated rings. The van der Waals surface area contributed by atoms with Crippen LogP contribution in [0.15, 0.2) is 28.7 Å². The highest BCUT2D eigenvalue weighted by molar-refractivity contribution is 9.10. The normalized spacial score (nSPS) is 29.6. The van der Waals surface area contributed by atoms with E-state index in [2.05, 4.69) is 64.3 Å². The molecule has 2 nitrogen and oxygen atoms in total. The van der Waals surface area contributed by atoms with E-state index in [4.69, 9.17) is 0 Å². The van der Waals surface area contributed by atoms with E-state index in [0.717, 1.165) is 16.6 Å². The topological polar surface area (TPSA) is 15.3 Å². The summed E-state index contributed by atoms with van der Waals surface area (Å²) in [6.07, 6.45) is 4.12. The minimum atomic E-state index is 0.425. The van der Waals surface area contributed by atoms with E-state index in [-0.39, 0.29) is 0 Å². The van der Waals surface area contributed by atoms with Crippen LogP contribution in [0, 0.1) is 0 Å². The van der Waals surface area contributed by atoms with Crippen molar-refractivity contribution >= 4 is 15.9 Å². The molecule has 1 aliphatic heterocycles. The van der Waals surface area contributed by atoms with Gasteiger partial charge in [-0.25, -0.2) is 0 Å². The highest BCUT2D eigenvalue weighted by Gasteiger charge is 2.38. The Kier molecular flexibility index (Phi) is 3.97. The maximum atomic E-state index is 3.80. The number of hydrogen-bond donors (Lipinski definition) is 1. The predicted molar refractivity (Wildman–Crippen MR) is 83.3 cm³/mol. The average Bonchev–Trinajstić information content (AvgIpc) is 3.14. The molecule has 0 bridgehead atoms. The summed E-state index contributed by atoms with van der Waals surface area (Å²) in [4.78, 5) is 2.70. The third-order valence-electron chi connectivity index (χ3n) is 4.47. The molecule has 1 aromatic carbocycles. The molecule has 0 spiro atoms. The molecule has 3 heteroatoms. The van der Waals surface area contributed by atoms with E-state index in [1.54, 1.807) is 0 Å². The molecule has 1 heterocycles. The molecular weight excluding hydrogens is 300 g/mol. The van der Waals surface area contributed by atoms with Gasteiger partial charge in [0.2, 0.25) is 0 Å². The van der Waals surface area contributed by atoms with Crippen LogP contribution in [0.2, 0.25) is 0 Å². The standard InChI is InChI=1S/C16H23BrN2/c1-11-8-15(10-19(11)16-6-7-16)18-12(2)13-4-3-5-14(17)9-13/h3-5,9,11-12,15-16,18H,6-8,10H2,1-2H3/t11?,12-,15?/m0/s1. The maximum absolute atomic E-state index is 3.80. The van der Waals surface area contributed by atoms with Crippen molar-refractivity contribution in [3.05, 3.63) is 34.3 Å². The minimum absolute atomic E-state index is 0.425. The Morgan fingerprint density at radius 1 is 1.37 bits per heavy atom. The zero-order chi connectivity index (χ0) is 13.4. The van der Waals surface area contributed by atoms with E-state index in [9.17, 15) is 0 Å². The zero-order valence-corrected chi connectivity index (χ0v) is 13.4. The molecule has 104 valence electrons. The smallest absolute Gasteiger partial charge is 0.0295 e. The van der Waals surface area contributed by atoms with Crippen molar-refractivity contribution in [2.45, 2.75) is 57.3 Å². The van der Waals surface area contributed by atoms with Crippen LogP contribution in [0.25, 0.3) is 0 Å². The number of rotatable bonds is 4. The molecular formula is C16H23BrN2. The molecule has 2 unspecified atom stereocenters. The summed E-state index contributed by atoms with van der Waals surface area (Å²) in [5.74, 6) is 0. The lowest BCUT2D eigenvalue weighted by Crippen LogP contribution is -2.35. The molecule has 1 saturated carbocycles. The maximum Gasteiger partial charge on any atom is 0.0295 e. The van der Waals surface area contributed by atoms with Crippen molar-refractivity contribution in [3.63, 3.8) is 0 Å². The predicted octanol–water partition coefficient (Wildman–Crippen LogP) is 3.72. The monoisotopic (exact) mass is 322 g/mol. The molecule has 3 rings (SSSR count). The van der Waals surface area contributed by atoms with Gasteiger partial charge < -0.3 is 5.32 Å². The van der Waals surface area contributed by atoms with Crippen molar-refractivity contribution < 1.29 is 0 Å². The number of halogens is 1. The average molecular weight is 323 g/mol. The lowest BCUT2D eigenvalue weighted by atomic mass is 10.1. The molecule has 3 atom stereocenters. The van der Waals surface area contributed by atoms with Crippen LogP contribution in [-0.4, -0.2) is 29.6 Å². The fourth-order valence-corrected chi connectivity index (χ4v) is 3.73. The Labute approximate surface area is 124 Å². The lowest BCUT2D eigenvalue weighted by molar-refractivity contribution is 0.254. The molecule has 1 aliphatic carbocycles. The molecule has 1 saturated heterocycles. The summed E-state index contributed by atoms with van der Waals surface area (Å²) < 4.78 is 1.16. The first-order valence-electron chi connectivity index (χ1n) is 7.40. The Balaban J connectivity index is 1.59. The van der Waals surface area contributed by atoms with Crippen molar-refractivity contribution in [1.29, 1.82) is 0 Å². The van der Waals surface area contributed by atoms with Gasteiger partial charge in [-0.15, -0.1) is 0 Å². The van der Waals surface area contributed by atoms with Crippen LogP contribution in [0.1, 0.15) is 44.7 Å². The second-order valence-electron chi connectivity index (χ2n) is 6.15. The minimum Gasteiger partial charge on any atom is -0.306 e. The number of likely N-dealkylation sites (tertiary alicyclic amines) is 1. The summed E-state index contributed by atoms with van der Waals surface area (Å²) in [5, 5.41) is 3.80. The first-order valence-corrected chi connectivity index (χ1v) is 8.20. The second kappa shape index (κ2) is 5.55. The molecule has 0 aromatic heterocycles. The Morgan fingerprint density at radius 3 is 2.84 bits per heavy atom. The summed E-state index contributed by atoms with van der Waals surface area (Å²) in [6, 6.07) is 11.3. The van der Waals surface area contributed by atoms with Crippen molar-refractivity contribution in [2.24, 2.45) is 0 Å². The third-order valence-corrected chi connectivity index (χ3v) is 4.97. The summed E-state index contributed by atoms with van der Waals surface area (Å²) in [5.41, 5.74) is 1.37. The molecule has 0 radical (unpaired) electrons. The molecule has 1 N–H and O–H groups in total. The number of nitrogens with zero attached hydrogens (tertiary/aromatic N) is 1. The SMILES string of the molecule is CC1CC(N[C@@H](C)c2cccc(Br)c2)CN1C1CC1. The van der Waals surface area contributed by atoms with Crippen LogP contribution in [0.4, 0.5) is 0 Å². The Morgan fingerprint density at radius 2 is 2.16 bits per heavy atom. The van der Waals surface area contributed by atoms with E-state index in [1.807, 2.05) is 0 Å². The van der Waals surface area contributed by atoms with Gasteiger partial charge in [-0.1, -0.05) is 28.1 Å². The molecule has 2 aliphatic rings. The highest BCUT2D eigenvalue weighted by atomic mass is 79.9. The van der Waals surface area contributed by atoms with Gasteiger partial charge in [-0.2, -0.15) is 0 Å². The third kappa shape index (κ3) is 3.21. The van der Waals surface area contributed by atoms with Gasteiger partial charge in [0.1, 0.15) is 0 Å². The summed E-state index contributed by atoms with van der Waals surface area (Å²) in [7, 11) is 0. The van der Waals surface area contributed by atoms with E-state index >= 15 is 0 Å². The van der Waals surface area contributed by atoms with Gasteiger partial charge in [0.05, 0.1) is 0 Å². The fourth-order valence-electron chi connectivity index (χ4n) is 3.32. The Hall–Kier alpha value is -0.380. The number of hydrogen-bond acceptors (Lipinski definition) is 2. The fraction of sp³-hybridized carbons (Fsp3) is 0.625. The van der Waals surface area contributed by atoms with Gasteiger partial charge in [0.15, 0.2) is 0 Å². The van der Waals surface area contributed by atoms with Gasteiger partial charge in [-0.05, 0) is 50.8 Å². The van der Waals surface area contributed by atoms with Gasteiger partial charge in [-0.3, -0.25) is 4.90 Å². The largest absolute Gasteiger partial charge is 0.306 e. The van der Waals surface area contributed by atoms with E-state index < -0.39 is 0 Å². The highest BCUT2D eigenvalue weighted by Crippen LogP contribution is 2.33. The van der Waals surface area contributed by atoms with Crippen LogP contribution in [0.3, 0.4) is 0 Å². The summed E-state index contributed by atoms with van der Waals surface area (Å²) >= 11 is 3.55. The summed E-state index contributed by atoms with van der Waals surface area (Å²) in [6.45, 7) is 5.88. The lowest BCUT2D eigenvalue weighted by Gasteiger charge is -2.21. The van der Waals surface area contributed by atoms with Crippen LogP contribution in [-0.2, 0) is 0 Å². The number of benzene rings is 1. The number of nitrogens with one attached hydrogen (secondary N) is 1. The van der Waals surface area contributed by atoms with Gasteiger partial charge in [0, 0.05) is 35.2 Å². The van der Waals surface area contributed by atoms with Crippen molar-refractivity contribution in [2.75, 3.05) is 6.54 Å². The Bertz CT molecular complexity index is 444. The van der Waals surface area contributed by atoms with Crippen molar-refractivity contribution in [3.8, 4) is 0 Å². The quantitative estimate of drug-likeness (QED) is 0.908. The molecule has 1 aromatic rings. The molecule has 19 heavy (non-hydrogen) atoms. The van der Waals surface area contributed by atoms with Crippen LogP contribution >= 0.6 is 15.9 Å². The van der Waals surface area contributed by atoms with Crippen LogP contribution in [0.5, 0.6) is 0 Å². The van der Waals surface area contributed by atoms with Crippen LogP contribution < -0.4 is 5.32 Å². The molecule has 0 amide bonds. The first-order chi connectivity index (χ1) is 9.13. The zero-order valence-electron chi connectivity index (χ0n) is 11.8. The van der Waals surface area contributed by atoms with Crippen molar-refractivity contribution in [1.82, 2.24) is 10.2 Å².